The lowest BCUT2D eigenvalue weighted by Gasteiger charge is -2.21. The van der Waals surface area contributed by atoms with Crippen LogP contribution in [0.15, 0.2) is 22.7 Å². The van der Waals surface area contributed by atoms with Gasteiger partial charge in [0.15, 0.2) is 0 Å². The Morgan fingerprint density at radius 2 is 2.35 bits per heavy atom. The summed E-state index contributed by atoms with van der Waals surface area (Å²) in [4.78, 5) is 12.1. The normalized spacial score (nSPS) is 23.7. The highest BCUT2D eigenvalue weighted by atomic mass is 79.9. The molecule has 1 saturated heterocycles. The third-order valence-corrected chi connectivity index (χ3v) is 3.70. The number of hydrogen-bond donors (Lipinski definition) is 2. The molecule has 1 heterocycles. The van der Waals surface area contributed by atoms with Crippen LogP contribution in [-0.4, -0.2) is 19.0 Å². The minimum atomic E-state index is -0.374. The van der Waals surface area contributed by atoms with E-state index >= 15 is 0 Å². The number of carbonyl (C=O) groups is 1. The van der Waals surface area contributed by atoms with E-state index in [9.17, 15) is 9.18 Å². The van der Waals surface area contributed by atoms with Gasteiger partial charge in [-0.1, -0.05) is 0 Å². The molecule has 1 atom stereocenters. The molecule has 1 amide bonds. The Labute approximate surface area is 108 Å². The average Bonchev–Trinajstić information content (AvgIpc) is 2.72. The number of amides is 1. The van der Waals surface area contributed by atoms with Gasteiger partial charge in [-0.25, -0.2) is 4.39 Å². The van der Waals surface area contributed by atoms with Crippen molar-refractivity contribution in [3.8, 4) is 0 Å². The Hall–Kier alpha value is -0.940. The lowest BCUT2D eigenvalue weighted by molar-refractivity contribution is -0.123. The molecule has 0 bridgehead atoms. The molecule has 0 radical (unpaired) electrons. The van der Waals surface area contributed by atoms with Crippen molar-refractivity contribution < 1.29 is 9.18 Å². The number of halogens is 2. The summed E-state index contributed by atoms with van der Waals surface area (Å²) in [7, 11) is 0. The first kappa shape index (κ1) is 12.5. The van der Waals surface area contributed by atoms with Gasteiger partial charge in [0.25, 0.3) is 0 Å². The predicted octanol–water partition coefficient (Wildman–Crippen LogP) is 2.53. The molecule has 2 N–H and O–H groups in total. The van der Waals surface area contributed by atoms with Crippen LogP contribution < -0.4 is 10.6 Å². The summed E-state index contributed by atoms with van der Waals surface area (Å²) in [6.07, 6.45) is 0.821. The fourth-order valence-corrected chi connectivity index (χ4v) is 2.25. The van der Waals surface area contributed by atoms with Crippen molar-refractivity contribution in [2.45, 2.75) is 13.3 Å². The fraction of sp³-hybridized carbons (Fsp3) is 0.417. The van der Waals surface area contributed by atoms with Gasteiger partial charge in [-0.3, -0.25) is 4.79 Å². The molecular weight excluding hydrogens is 287 g/mol. The number of rotatable bonds is 2. The Bertz CT molecular complexity index is 444. The number of carbonyl (C=O) groups excluding carboxylic acids is 1. The molecule has 0 aromatic heterocycles. The summed E-state index contributed by atoms with van der Waals surface area (Å²) in [6.45, 7) is 3.47. The number of benzene rings is 1. The van der Waals surface area contributed by atoms with Gasteiger partial charge in [0, 0.05) is 12.2 Å². The van der Waals surface area contributed by atoms with E-state index in [1.807, 2.05) is 6.92 Å². The zero-order chi connectivity index (χ0) is 12.5. The highest BCUT2D eigenvalue weighted by molar-refractivity contribution is 9.10. The first-order chi connectivity index (χ1) is 8.01. The van der Waals surface area contributed by atoms with Crippen LogP contribution in [0.2, 0.25) is 0 Å². The smallest absolute Gasteiger partial charge is 0.231 e. The van der Waals surface area contributed by atoms with Crippen molar-refractivity contribution in [3.63, 3.8) is 0 Å². The molecular formula is C12H14BrFN2O. The molecule has 1 unspecified atom stereocenters. The zero-order valence-electron chi connectivity index (χ0n) is 9.52. The second-order valence-corrected chi connectivity index (χ2v) is 5.42. The van der Waals surface area contributed by atoms with E-state index in [2.05, 4.69) is 26.6 Å². The molecule has 1 fully saturated rings. The van der Waals surface area contributed by atoms with Crippen molar-refractivity contribution in [2.75, 3.05) is 18.4 Å². The van der Waals surface area contributed by atoms with Crippen molar-refractivity contribution in [1.82, 2.24) is 5.32 Å². The Morgan fingerprint density at radius 1 is 1.59 bits per heavy atom. The van der Waals surface area contributed by atoms with Gasteiger partial charge in [-0.2, -0.15) is 0 Å². The third kappa shape index (κ3) is 2.66. The van der Waals surface area contributed by atoms with Crippen LogP contribution >= 0.6 is 15.9 Å². The Balaban J connectivity index is 2.10. The topological polar surface area (TPSA) is 41.1 Å². The molecule has 5 heteroatoms. The molecule has 0 spiro atoms. The van der Waals surface area contributed by atoms with Crippen molar-refractivity contribution >= 4 is 27.5 Å². The summed E-state index contributed by atoms with van der Waals surface area (Å²) in [5.74, 6) is -0.363. The lowest BCUT2D eigenvalue weighted by atomic mass is 9.89. The number of nitrogens with one attached hydrogen (secondary N) is 2. The SMILES string of the molecule is CC1(C(=O)Nc2ccc(F)c(Br)c2)CCNC1. The molecule has 3 nitrogen and oxygen atoms in total. The van der Waals surface area contributed by atoms with Gasteiger partial charge < -0.3 is 10.6 Å². The second-order valence-electron chi connectivity index (χ2n) is 4.57. The fourth-order valence-electron chi connectivity index (χ4n) is 1.87. The molecule has 1 aromatic rings. The van der Waals surface area contributed by atoms with Crippen LogP contribution in [0.3, 0.4) is 0 Å². The maximum absolute atomic E-state index is 13.0. The van der Waals surface area contributed by atoms with E-state index in [0.29, 0.717) is 16.7 Å². The first-order valence-corrected chi connectivity index (χ1v) is 6.28. The Morgan fingerprint density at radius 3 is 2.94 bits per heavy atom. The molecule has 17 heavy (non-hydrogen) atoms. The average molecular weight is 301 g/mol. The van der Waals surface area contributed by atoms with E-state index in [0.717, 1.165) is 13.0 Å². The van der Waals surface area contributed by atoms with Gasteiger partial charge in [0.1, 0.15) is 5.82 Å². The molecule has 0 aliphatic carbocycles. The summed E-state index contributed by atoms with van der Waals surface area (Å²) < 4.78 is 13.4. The largest absolute Gasteiger partial charge is 0.326 e. The van der Waals surface area contributed by atoms with Crippen LogP contribution in [0.1, 0.15) is 13.3 Å². The highest BCUT2D eigenvalue weighted by Crippen LogP contribution is 2.27. The van der Waals surface area contributed by atoms with Crippen LogP contribution in [0, 0.1) is 11.2 Å². The van der Waals surface area contributed by atoms with Gasteiger partial charge in [-0.15, -0.1) is 0 Å². The van der Waals surface area contributed by atoms with Gasteiger partial charge in [0.05, 0.1) is 9.89 Å². The first-order valence-electron chi connectivity index (χ1n) is 5.48. The van der Waals surface area contributed by atoms with E-state index in [1.54, 1.807) is 12.1 Å². The van der Waals surface area contributed by atoms with Gasteiger partial charge >= 0.3 is 0 Å². The van der Waals surface area contributed by atoms with Crippen molar-refractivity contribution in [2.24, 2.45) is 5.41 Å². The summed E-state index contributed by atoms with van der Waals surface area (Å²) in [5, 5.41) is 5.99. The molecule has 0 saturated carbocycles. The van der Waals surface area contributed by atoms with Crippen LogP contribution in [0.4, 0.5) is 10.1 Å². The quantitative estimate of drug-likeness (QED) is 0.881. The Kier molecular flexibility index (Phi) is 3.49. The van der Waals surface area contributed by atoms with Gasteiger partial charge in [-0.05, 0) is 54.0 Å². The maximum Gasteiger partial charge on any atom is 0.231 e. The molecule has 2 rings (SSSR count). The van der Waals surface area contributed by atoms with E-state index in [4.69, 9.17) is 0 Å². The van der Waals surface area contributed by atoms with Crippen LogP contribution in [0.25, 0.3) is 0 Å². The maximum atomic E-state index is 13.0. The highest BCUT2D eigenvalue weighted by Gasteiger charge is 2.36. The van der Waals surface area contributed by atoms with Crippen molar-refractivity contribution in [1.29, 1.82) is 0 Å². The zero-order valence-corrected chi connectivity index (χ0v) is 11.1. The molecule has 92 valence electrons. The standard InChI is InChI=1S/C12H14BrFN2O/c1-12(4-5-15-7-12)11(17)16-8-2-3-10(14)9(13)6-8/h2-3,6,15H,4-5,7H2,1H3,(H,16,17). The van der Waals surface area contributed by atoms with E-state index in [1.165, 1.54) is 6.07 Å². The molecule has 1 aromatic carbocycles. The minimum Gasteiger partial charge on any atom is -0.326 e. The van der Waals surface area contributed by atoms with Crippen LogP contribution in [-0.2, 0) is 4.79 Å². The minimum absolute atomic E-state index is 0.0268. The number of anilines is 1. The van der Waals surface area contributed by atoms with E-state index in [-0.39, 0.29) is 17.1 Å². The van der Waals surface area contributed by atoms with E-state index < -0.39 is 0 Å². The summed E-state index contributed by atoms with van der Waals surface area (Å²) in [5.41, 5.74) is 0.234. The molecule has 1 aliphatic rings. The monoisotopic (exact) mass is 300 g/mol. The predicted molar refractivity (Wildman–Crippen MR) is 68.3 cm³/mol. The second kappa shape index (κ2) is 4.74. The van der Waals surface area contributed by atoms with Crippen molar-refractivity contribution in [3.05, 3.63) is 28.5 Å². The van der Waals surface area contributed by atoms with Crippen LogP contribution in [0.5, 0.6) is 0 Å². The van der Waals surface area contributed by atoms with Gasteiger partial charge in [0.2, 0.25) is 5.91 Å². The molecule has 1 aliphatic heterocycles. The third-order valence-electron chi connectivity index (χ3n) is 3.09. The summed E-state index contributed by atoms with van der Waals surface area (Å²) >= 11 is 3.09. The summed E-state index contributed by atoms with van der Waals surface area (Å²) in [6, 6.07) is 4.46. The number of hydrogen-bond acceptors (Lipinski definition) is 2. The lowest BCUT2D eigenvalue weighted by Crippen LogP contribution is -2.35.